The Morgan fingerprint density at radius 3 is 2.67 bits per heavy atom. The number of aliphatic carboxylic acids is 1. The normalized spacial score (nSPS) is 11.1. The molecule has 0 bridgehead atoms. The van der Waals surface area contributed by atoms with E-state index in [0.717, 1.165) is 33.3 Å². The van der Waals surface area contributed by atoms with Crippen molar-refractivity contribution < 1.29 is 9.90 Å². The van der Waals surface area contributed by atoms with Crippen LogP contribution in [-0.4, -0.2) is 27.6 Å². The van der Waals surface area contributed by atoms with Crippen molar-refractivity contribution in [3.63, 3.8) is 0 Å². The number of rotatable bonds is 9. The van der Waals surface area contributed by atoms with Gasteiger partial charge in [0.1, 0.15) is 0 Å². The van der Waals surface area contributed by atoms with E-state index in [2.05, 4.69) is 18.8 Å². The second-order valence-corrected chi connectivity index (χ2v) is 9.30. The van der Waals surface area contributed by atoms with Gasteiger partial charge >= 0.3 is 5.97 Å². The lowest BCUT2D eigenvalue weighted by Crippen LogP contribution is -2.25. The molecule has 30 heavy (non-hydrogen) atoms. The summed E-state index contributed by atoms with van der Waals surface area (Å²) >= 11 is 13.9. The molecule has 3 aromatic rings. The van der Waals surface area contributed by atoms with Gasteiger partial charge in [0.15, 0.2) is 5.13 Å². The summed E-state index contributed by atoms with van der Waals surface area (Å²) in [5.74, 6) is -0.388. The minimum Gasteiger partial charge on any atom is -0.481 e. The van der Waals surface area contributed by atoms with Gasteiger partial charge in [-0.2, -0.15) is 0 Å². The number of carboxylic acids is 1. The maximum absolute atomic E-state index is 11.2. The summed E-state index contributed by atoms with van der Waals surface area (Å²) in [5.41, 5.74) is 2.77. The first-order chi connectivity index (χ1) is 14.3. The smallest absolute Gasteiger partial charge is 0.305 e. The lowest BCUT2D eigenvalue weighted by atomic mass is 10.0. The molecule has 5 nitrogen and oxygen atoms in total. The first kappa shape index (κ1) is 22.5. The largest absolute Gasteiger partial charge is 0.481 e. The second kappa shape index (κ2) is 10.2. The summed E-state index contributed by atoms with van der Waals surface area (Å²) in [7, 11) is 0. The third-order valence-corrected chi connectivity index (χ3v) is 6.31. The van der Waals surface area contributed by atoms with Crippen LogP contribution in [0.5, 0.6) is 0 Å². The zero-order valence-electron chi connectivity index (χ0n) is 16.8. The predicted octanol–water partition coefficient (Wildman–Crippen LogP) is 6.19. The topological polar surface area (TPSA) is 66.3 Å². The van der Waals surface area contributed by atoms with Crippen molar-refractivity contribution in [3.8, 4) is 11.3 Å². The van der Waals surface area contributed by atoms with Crippen LogP contribution in [0.25, 0.3) is 11.3 Å². The fourth-order valence-electron chi connectivity index (χ4n) is 3.04. The molecule has 8 heteroatoms. The van der Waals surface area contributed by atoms with Crippen LogP contribution in [-0.2, 0) is 17.8 Å². The van der Waals surface area contributed by atoms with Gasteiger partial charge in [0, 0.05) is 35.9 Å². The molecule has 3 rings (SSSR count). The Morgan fingerprint density at radius 1 is 1.23 bits per heavy atom. The molecule has 1 N–H and O–H groups in total. The first-order valence-electron chi connectivity index (χ1n) is 9.64. The van der Waals surface area contributed by atoms with Gasteiger partial charge in [-0.3, -0.25) is 9.78 Å². The lowest BCUT2D eigenvalue weighted by molar-refractivity contribution is -0.136. The average Bonchev–Trinajstić information content (AvgIpc) is 3.11. The maximum Gasteiger partial charge on any atom is 0.305 e. The van der Waals surface area contributed by atoms with Crippen molar-refractivity contribution in [2.75, 3.05) is 11.4 Å². The van der Waals surface area contributed by atoms with Crippen molar-refractivity contribution in [2.24, 2.45) is 5.92 Å². The summed E-state index contributed by atoms with van der Waals surface area (Å²) in [6.07, 6.45) is 4.41. The molecule has 1 aromatic carbocycles. The second-order valence-electron chi connectivity index (χ2n) is 7.42. The van der Waals surface area contributed by atoms with Gasteiger partial charge < -0.3 is 10.0 Å². The SMILES string of the molecule is CC(C)Cc1sc(N(CCC(=O)O)Cc2cccnc2)nc1-c1ccc(Cl)c(Cl)c1. The Kier molecular flexibility index (Phi) is 7.69. The molecular formula is C22H23Cl2N3O2S. The molecule has 2 heterocycles. The quantitative estimate of drug-likeness (QED) is 0.409. The average molecular weight is 464 g/mol. The van der Waals surface area contributed by atoms with Crippen molar-refractivity contribution in [1.82, 2.24) is 9.97 Å². The molecular weight excluding hydrogens is 441 g/mol. The Morgan fingerprint density at radius 2 is 2.03 bits per heavy atom. The molecule has 0 unspecified atom stereocenters. The highest BCUT2D eigenvalue weighted by Gasteiger charge is 2.20. The monoisotopic (exact) mass is 463 g/mol. The van der Waals surface area contributed by atoms with Gasteiger partial charge in [0.05, 0.1) is 22.2 Å². The van der Waals surface area contributed by atoms with Gasteiger partial charge in [0.2, 0.25) is 0 Å². The van der Waals surface area contributed by atoms with Crippen LogP contribution in [0.15, 0.2) is 42.7 Å². The number of carboxylic acid groups (broad SMARTS) is 1. The van der Waals surface area contributed by atoms with Crippen LogP contribution in [0.4, 0.5) is 5.13 Å². The first-order valence-corrected chi connectivity index (χ1v) is 11.2. The molecule has 0 saturated heterocycles. The number of aromatic nitrogens is 2. The van der Waals surface area contributed by atoms with Gasteiger partial charge in [-0.05, 0) is 36.1 Å². The van der Waals surface area contributed by atoms with Crippen LogP contribution in [0.3, 0.4) is 0 Å². The van der Waals surface area contributed by atoms with Crippen LogP contribution in [0.2, 0.25) is 10.0 Å². The molecule has 0 aliphatic rings. The Labute approximate surface area is 190 Å². The minimum atomic E-state index is -0.838. The van der Waals surface area contributed by atoms with Crippen LogP contribution in [0.1, 0.15) is 30.7 Å². The van der Waals surface area contributed by atoms with Crippen molar-refractivity contribution in [3.05, 3.63) is 63.2 Å². The summed E-state index contributed by atoms with van der Waals surface area (Å²) in [5, 5.41) is 11.0. The number of benzene rings is 1. The van der Waals surface area contributed by atoms with E-state index in [1.165, 1.54) is 0 Å². The summed E-state index contributed by atoms with van der Waals surface area (Å²) in [4.78, 5) is 23.4. The summed E-state index contributed by atoms with van der Waals surface area (Å²) in [6, 6.07) is 9.37. The molecule has 0 amide bonds. The minimum absolute atomic E-state index is 0.0292. The van der Waals surface area contributed by atoms with Crippen LogP contribution < -0.4 is 4.90 Å². The Bertz CT molecular complexity index is 1010. The standard InChI is InChI=1S/C22H23Cl2N3O2S/c1-14(2)10-19-21(16-5-6-17(23)18(24)11-16)26-22(30-19)27(9-7-20(28)29)13-15-4-3-8-25-12-15/h3-6,8,11-12,14H,7,9-10,13H2,1-2H3,(H,28,29). The number of thiazole rings is 1. The van der Waals surface area contributed by atoms with E-state index in [1.54, 1.807) is 29.8 Å². The van der Waals surface area contributed by atoms with Gasteiger partial charge in [-0.1, -0.05) is 49.2 Å². The highest BCUT2D eigenvalue weighted by Crippen LogP contribution is 2.37. The van der Waals surface area contributed by atoms with E-state index < -0.39 is 5.97 Å². The molecule has 158 valence electrons. The van der Waals surface area contributed by atoms with Crippen molar-refractivity contribution >= 4 is 45.6 Å². The third-order valence-electron chi connectivity index (χ3n) is 4.44. The van der Waals surface area contributed by atoms with Gasteiger partial charge in [0.25, 0.3) is 0 Å². The molecule has 0 radical (unpaired) electrons. The number of pyridine rings is 1. The zero-order valence-corrected chi connectivity index (χ0v) is 19.1. The molecule has 0 aliphatic carbocycles. The fraction of sp³-hybridized carbons (Fsp3) is 0.318. The van der Waals surface area contributed by atoms with Crippen LogP contribution in [0, 0.1) is 5.92 Å². The number of hydrogen-bond acceptors (Lipinski definition) is 5. The molecule has 0 spiro atoms. The van der Waals surface area contributed by atoms with E-state index in [0.29, 0.717) is 29.1 Å². The lowest BCUT2D eigenvalue weighted by Gasteiger charge is -2.21. The van der Waals surface area contributed by atoms with Crippen molar-refractivity contribution in [2.45, 2.75) is 33.2 Å². The molecule has 0 fully saturated rings. The molecule has 0 saturated carbocycles. The third kappa shape index (κ3) is 5.94. The number of nitrogens with zero attached hydrogens (tertiary/aromatic N) is 3. The predicted molar refractivity (Wildman–Crippen MR) is 124 cm³/mol. The van der Waals surface area contributed by atoms with E-state index in [-0.39, 0.29) is 6.42 Å². The van der Waals surface area contributed by atoms with E-state index in [4.69, 9.17) is 28.2 Å². The molecule has 2 aromatic heterocycles. The summed E-state index contributed by atoms with van der Waals surface area (Å²) in [6.45, 7) is 5.22. The van der Waals surface area contributed by atoms with E-state index >= 15 is 0 Å². The highest BCUT2D eigenvalue weighted by atomic mass is 35.5. The molecule has 0 aliphatic heterocycles. The Hall–Kier alpha value is -2.15. The number of carbonyl (C=O) groups is 1. The fourth-order valence-corrected chi connectivity index (χ4v) is 4.65. The number of hydrogen-bond donors (Lipinski definition) is 1. The maximum atomic E-state index is 11.2. The van der Waals surface area contributed by atoms with Gasteiger partial charge in [-0.15, -0.1) is 11.3 Å². The number of anilines is 1. The van der Waals surface area contributed by atoms with E-state index in [9.17, 15) is 9.90 Å². The molecule has 0 atom stereocenters. The van der Waals surface area contributed by atoms with E-state index in [1.807, 2.05) is 29.2 Å². The van der Waals surface area contributed by atoms with Gasteiger partial charge in [-0.25, -0.2) is 4.98 Å². The zero-order chi connectivity index (χ0) is 21.7. The van der Waals surface area contributed by atoms with Crippen molar-refractivity contribution in [1.29, 1.82) is 0 Å². The van der Waals surface area contributed by atoms with Crippen LogP contribution >= 0.6 is 34.5 Å². The summed E-state index contributed by atoms with van der Waals surface area (Å²) < 4.78 is 0. The Balaban J connectivity index is 2.00. The number of halogens is 2. The highest BCUT2D eigenvalue weighted by molar-refractivity contribution is 7.16.